The molecule has 0 aromatic carbocycles. The first-order valence-corrected chi connectivity index (χ1v) is 7.64. The maximum absolute atomic E-state index is 12.0. The Morgan fingerprint density at radius 1 is 1.25 bits per heavy atom. The molecule has 0 radical (unpaired) electrons. The summed E-state index contributed by atoms with van der Waals surface area (Å²) in [4.78, 5) is 16.1. The van der Waals surface area contributed by atoms with Crippen molar-refractivity contribution in [2.24, 2.45) is 17.8 Å². The largest absolute Gasteiger partial charge is 0.352 e. The quantitative estimate of drug-likeness (QED) is 0.784. The number of carbonyl (C=O) groups is 1. The molecule has 1 rings (SSSR count). The second-order valence-electron chi connectivity index (χ2n) is 6.32. The SMILES string of the molecule is CC(C)CC[C@@H](CC(=O)NCc1cccnc1)C(C)C. The molecule has 20 heavy (non-hydrogen) atoms. The third-order valence-corrected chi connectivity index (χ3v) is 3.72. The smallest absolute Gasteiger partial charge is 0.220 e. The molecule has 0 spiro atoms. The van der Waals surface area contributed by atoms with E-state index in [-0.39, 0.29) is 5.91 Å². The highest BCUT2D eigenvalue weighted by Crippen LogP contribution is 2.23. The third kappa shape index (κ3) is 6.69. The van der Waals surface area contributed by atoms with Gasteiger partial charge in [0.1, 0.15) is 0 Å². The van der Waals surface area contributed by atoms with Gasteiger partial charge in [0.05, 0.1) is 0 Å². The molecule has 0 aliphatic carbocycles. The standard InChI is InChI=1S/C17H28N2O/c1-13(2)7-8-16(14(3)4)10-17(20)19-12-15-6-5-9-18-11-15/h5-6,9,11,13-14,16H,7-8,10,12H2,1-4H3,(H,19,20)/t16-/m0/s1. The van der Waals surface area contributed by atoms with Gasteiger partial charge in [-0.1, -0.05) is 40.2 Å². The number of nitrogens with one attached hydrogen (secondary N) is 1. The van der Waals surface area contributed by atoms with Crippen LogP contribution >= 0.6 is 0 Å². The first-order valence-electron chi connectivity index (χ1n) is 7.64. The number of hydrogen-bond acceptors (Lipinski definition) is 2. The molecule has 0 saturated heterocycles. The number of pyridine rings is 1. The highest BCUT2D eigenvalue weighted by molar-refractivity contribution is 5.76. The molecular weight excluding hydrogens is 248 g/mol. The van der Waals surface area contributed by atoms with Gasteiger partial charge in [-0.2, -0.15) is 0 Å². The van der Waals surface area contributed by atoms with Crippen LogP contribution in [0.3, 0.4) is 0 Å². The average Bonchev–Trinajstić information content (AvgIpc) is 2.41. The van der Waals surface area contributed by atoms with Crippen molar-refractivity contribution in [3.8, 4) is 0 Å². The molecule has 0 fully saturated rings. The van der Waals surface area contributed by atoms with E-state index in [9.17, 15) is 4.79 Å². The van der Waals surface area contributed by atoms with Crippen LogP contribution in [0.4, 0.5) is 0 Å². The van der Waals surface area contributed by atoms with Gasteiger partial charge in [0.15, 0.2) is 0 Å². The topological polar surface area (TPSA) is 42.0 Å². The first kappa shape index (κ1) is 16.7. The molecule has 0 unspecified atom stereocenters. The van der Waals surface area contributed by atoms with E-state index in [1.807, 2.05) is 12.1 Å². The zero-order chi connectivity index (χ0) is 15.0. The lowest BCUT2D eigenvalue weighted by atomic mass is 9.86. The van der Waals surface area contributed by atoms with Crippen molar-refractivity contribution in [3.63, 3.8) is 0 Å². The van der Waals surface area contributed by atoms with Crippen LogP contribution in [0.2, 0.25) is 0 Å². The van der Waals surface area contributed by atoms with Crippen molar-refractivity contribution < 1.29 is 4.79 Å². The number of carbonyl (C=O) groups excluding carboxylic acids is 1. The summed E-state index contributed by atoms with van der Waals surface area (Å²) in [5.74, 6) is 1.88. The molecular formula is C17H28N2O. The van der Waals surface area contributed by atoms with Gasteiger partial charge in [-0.3, -0.25) is 9.78 Å². The van der Waals surface area contributed by atoms with Gasteiger partial charge < -0.3 is 5.32 Å². The fourth-order valence-corrected chi connectivity index (χ4v) is 2.23. The summed E-state index contributed by atoms with van der Waals surface area (Å²) in [5, 5.41) is 2.99. The molecule has 0 aliphatic heterocycles. The molecule has 1 aromatic heterocycles. The van der Waals surface area contributed by atoms with Crippen molar-refractivity contribution in [2.45, 2.75) is 53.5 Å². The van der Waals surface area contributed by atoms with Crippen LogP contribution < -0.4 is 5.32 Å². The van der Waals surface area contributed by atoms with E-state index in [0.29, 0.717) is 30.7 Å². The molecule has 0 bridgehead atoms. The molecule has 1 heterocycles. The van der Waals surface area contributed by atoms with Crippen molar-refractivity contribution in [3.05, 3.63) is 30.1 Å². The van der Waals surface area contributed by atoms with Crippen LogP contribution in [-0.2, 0) is 11.3 Å². The Kier molecular flexibility index (Phi) is 7.27. The van der Waals surface area contributed by atoms with Gasteiger partial charge in [0, 0.05) is 25.4 Å². The van der Waals surface area contributed by atoms with Crippen molar-refractivity contribution in [1.29, 1.82) is 0 Å². The van der Waals surface area contributed by atoms with E-state index < -0.39 is 0 Å². The summed E-state index contributed by atoms with van der Waals surface area (Å²) in [7, 11) is 0. The summed E-state index contributed by atoms with van der Waals surface area (Å²) in [6.07, 6.45) is 6.49. The summed E-state index contributed by atoms with van der Waals surface area (Å²) in [5.41, 5.74) is 1.05. The summed E-state index contributed by atoms with van der Waals surface area (Å²) >= 11 is 0. The average molecular weight is 276 g/mol. The third-order valence-electron chi connectivity index (χ3n) is 3.72. The van der Waals surface area contributed by atoms with Gasteiger partial charge in [-0.25, -0.2) is 0 Å². The molecule has 0 aliphatic rings. The van der Waals surface area contributed by atoms with E-state index in [0.717, 1.165) is 12.0 Å². The zero-order valence-corrected chi connectivity index (χ0v) is 13.2. The zero-order valence-electron chi connectivity index (χ0n) is 13.2. The van der Waals surface area contributed by atoms with Gasteiger partial charge in [0.25, 0.3) is 0 Å². The van der Waals surface area contributed by atoms with Crippen LogP contribution in [0.15, 0.2) is 24.5 Å². The molecule has 1 atom stereocenters. The second-order valence-corrected chi connectivity index (χ2v) is 6.32. The molecule has 0 saturated carbocycles. The maximum Gasteiger partial charge on any atom is 0.220 e. The highest BCUT2D eigenvalue weighted by atomic mass is 16.1. The van der Waals surface area contributed by atoms with Crippen molar-refractivity contribution in [2.75, 3.05) is 0 Å². The Bertz CT molecular complexity index is 387. The molecule has 1 N–H and O–H groups in total. The Morgan fingerprint density at radius 3 is 2.55 bits per heavy atom. The van der Waals surface area contributed by atoms with Crippen LogP contribution in [0.5, 0.6) is 0 Å². The minimum absolute atomic E-state index is 0.149. The van der Waals surface area contributed by atoms with E-state index >= 15 is 0 Å². The monoisotopic (exact) mass is 276 g/mol. The maximum atomic E-state index is 12.0. The van der Waals surface area contributed by atoms with E-state index in [1.165, 1.54) is 6.42 Å². The molecule has 3 heteroatoms. The predicted octanol–water partition coefficient (Wildman–Crippen LogP) is 3.80. The van der Waals surface area contributed by atoms with E-state index in [1.54, 1.807) is 12.4 Å². The van der Waals surface area contributed by atoms with Gasteiger partial charge in [0.2, 0.25) is 5.91 Å². The van der Waals surface area contributed by atoms with Crippen LogP contribution in [0, 0.1) is 17.8 Å². The van der Waals surface area contributed by atoms with E-state index in [2.05, 4.69) is 38.0 Å². The van der Waals surface area contributed by atoms with Crippen molar-refractivity contribution in [1.82, 2.24) is 10.3 Å². The fraction of sp³-hybridized carbons (Fsp3) is 0.647. The van der Waals surface area contributed by atoms with Crippen molar-refractivity contribution >= 4 is 5.91 Å². The summed E-state index contributed by atoms with van der Waals surface area (Å²) < 4.78 is 0. The second kappa shape index (κ2) is 8.72. The fourth-order valence-electron chi connectivity index (χ4n) is 2.23. The Balaban J connectivity index is 2.38. The first-order chi connectivity index (χ1) is 9.49. The van der Waals surface area contributed by atoms with Crippen LogP contribution in [-0.4, -0.2) is 10.9 Å². The molecule has 3 nitrogen and oxygen atoms in total. The Hall–Kier alpha value is -1.38. The molecule has 1 aromatic rings. The van der Waals surface area contributed by atoms with Crippen LogP contribution in [0.25, 0.3) is 0 Å². The van der Waals surface area contributed by atoms with Gasteiger partial charge >= 0.3 is 0 Å². The number of rotatable bonds is 8. The van der Waals surface area contributed by atoms with Gasteiger partial charge in [-0.05, 0) is 35.8 Å². The number of hydrogen-bond donors (Lipinski definition) is 1. The van der Waals surface area contributed by atoms with E-state index in [4.69, 9.17) is 0 Å². The minimum atomic E-state index is 0.149. The minimum Gasteiger partial charge on any atom is -0.352 e. The number of nitrogens with zero attached hydrogens (tertiary/aromatic N) is 1. The van der Waals surface area contributed by atoms with Crippen LogP contribution in [0.1, 0.15) is 52.5 Å². The lowest BCUT2D eigenvalue weighted by Gasteiger charge is -2.21. The summed E-state index contributed by atoms with van der Waals surface area (Å²) in [6.45, 7) is 9.46. The lowest BCUT2D eigenvalue weighted by Crippen LogP contribution is -2.27. The Labute approximate surface area is 123 Å². The Morgan fingerprint density at radius 2 is 2.00 bits per heavy atom. The normalized spacial score (nSPS) is 12.7. The predicted molar refractivity (Wildman–Crippen MR) is 83.1 cm³/mol. The molecule has 1 amide bonds. The lowest BCUT2D eigenvalue weighted by molar-refractivity contribution is -0.122. The summed E-state index contributed by atoms with van der Waals surface area (Å²) in [6, 6.07) is 3.87. The highest BCUT2D eigenvalue weighted by Gasteiger charge is 2.17. The number of aromatic nitrogens is 1. The van der Waals surface area contributed by atoms with Gasteiger partial charge in [-0.15, -0.1) is 0 Å². The number of amides is 1. The molecule has 112 valence electrons.